The molecule has 0 N–H and O–H groups in total. The minimum absolute atomic E-state index is 0.549. The lowest BCUT2D eigenvalue weighted by Crippen LogP contribution is -1.91. The first-order chi connectivity index (χ1) is 7.76. The first kappa shape index (κ1) is 10.2. The van der Waals surface area contributed by atoms with Crippen LogP contribution < -0.4 is 4.74 Å². The topological polar surface area (TPSA) is 50.8 Å². The molecular weight excluding hydrogens is 202 g/mol. The molecule has 0 radical (unpaired) electrons. The highest BCUT2D eigenvalue weighted by Gasteiger charge is 2.10. The Morgan fingerprint density at radius 3 is 2.94 bits per heavy atom. The van der Waals surface area contributed by atoms with Gasteiger partial charge in [0, 0.05) is 12.6 Å². The van der Waals surface area contributed by atoms with Gasteiger partial charge >= 0.3 is 0 Å². The molecule has 1 heterocycles. The maximum atomic E-state index is 9.03. The van der Waals surface area contributed by atoms with Crippen LogP contribution in [0.2, 0.25) is 0 Å². The number of hydrogen-bond acceptors (Lipinski definition) is 3. The average Bonchev–Trinajstić information content (AvgIpc) is 2.70. The van der Waals surface area contributed by atoms with Crippen LogP contribution in [0.3, 0.4) is 0 Å². The Labute approximate surface area is 93.7 Å². The predicted octanol–water partition coefficient (Wildman–Crippen LogP) is 1.97. The lowest BCUT2D eigenvalue weighted by atomic mass is 10.1. The molecule has 80 valence electrons. The van der Waals surface area contributed by atoms with E-state index in [0.717, 1.165) is 11.3 Å². The summed E-state index contributed by atoms with van der Waals surface area (Å²) in [5.41, 5.74) is 2.12. The van der Waals surface area contributed by atoms with Gasteiger partial charge in [-0.1, -0.05) is 12.1 Å². The summed E-state index contributed by atoms with van der Waals surface area (Å²) >= 11 is 0. The second-order valence-electron chi connectivity index (χ2n) is 3.40. The fourth-order valence-corrected chi connectivity index (χ4v) is 1.54. The molecule has 4 nitrogen and oxygen atoms in total. The number of ether oxygens (including phenoxy) is 1. The maximum absolute atomic E-state index is 9.03. The van der Waals surface area contributed by atoms with Gasteiger partial charge in [-0.3, -0.25) is 0 Å². The number of imidazole rings is 1. The molecule has 2 aromatic rings. The number of nitrogens with zero attached hydrogens (tertiary/aromatic N) is 3. The Morgan fingerprint density at radius 1 is 1.44 bits per heavy atom. The number of rotatable bonds is 2. The molecule has 0 spiro atoms. The lowest BCUT2D eigenvalue weighted by Gasteiger charge is -2.02. The minimum Gasteiger partial charge on any atom is -0.497 e. The average molecular weight is 213 g/mol. The van der Waals surface area contributed by atoms with Crippen molar-refractivity contribution in [2.45, 2.75) is 0 Å². The Balaban J connectivity index is 2.55. The van der Waals surface area contributed by atoms with Crippen LogP contribution >= 0.6 is 0 Å². The van der Waals surface area contributed by atoms with Crippen LogP contribution in [-0.2, 0) is 7.05 Å². The fraction of sp³-hybridized carbons (Fsp3) is 0.167. The van der Waals surface area contributed by atoms with E-state index in [-0.39, 0.29) is 0 Å². The highest BCUT2D eigenvalue weighted by molar-refractivity contribution is 5.66. The van der Waals surface area contributed by atoms with Gasteiger partial charge in [0.05, 0.1) is 13.4 Å². The molecular formula is C12H11N3O. The van der Waals surface area contributed by atoms with Crippen LogP contribution in [0, 0.1) is 11.3 Å². The monoisotopic (exact) mass is 213 g/mol. The first-order valence-corrected chi connectivity index (χ1v) is 4.82. The van der Waals surface area contributed by atoms with Gasteiger partial charge in [0.15, 0.2) is 0 Å². The molecule has 16 heavy (non-hydrogen) atoms. The zero-order valence-electron chi connectivity index (χ0n) is 9.14. The highest BCUT2D eigenvalue weighted by atomic mass is 16.5. The van der Waals surface area contributed by atoms with E-state index in [9.17, 15) is 0 Å². The summed E-state index contributed by atoms with van der Waals surface area (Å²) < 4.78 is 6.84. The van der Waals surface area contributed by atoms with E-state index >= 15 is 0 Å². The molecule has 0 unspecified atom stereocenters. The summed E-state index contributed by atoms with van der Waals surface area (Å²) in [5, 5.41) is 9.03. The molecule has 1 aromatic heterocycles. The number of benzene rings is 1. The molecule has 0 saturated carbocycles. The van der Waals surface area contributed by atoms with Crippen molar-refractivity contribution in [2.24, 2.45) is 7.05 Å². The van der Waals surface area contributed by atoms with Crippen molar-refractivity contribution in [3.8, 4) is 23.1 Å². The second kappa shape index (κ2) is 4.07. The second-order valence-corrected chi connectivity index (χ2v) is 3.40. The summed E-state index contributed by atoms with van der Waals surface area (Å²) in [7, 11) is 3.41. The van der Waals surface area contributed by atoms with Crippen molar-refractivity contribution in [3.63, 3.8) is 0 Å². The van der Waals surface area contributed by atoms with Gasteiger partial charge in [0.1, 0.15) is 23.2 Å². The van der Waals surface area contributed by atoms with Crippen LogP contribution in [0.15, 0.2) is 30.6 Å². The van der Waals surface area contributed by atoms with E-state index in [4.69, 9.17) is 10.00 Å². The van der Waals surface area contributed by atoms with E-state index in [1.807, 2.05) is 24.3 Å². The molecule has 0 amide bonds. The predicted molar refractivity (Wildman–Crippen MR) is 59.9 cm³/mol. The number of aryl methyl sites for hydroxylation is 1. The van der Waals surface area contributed by atoms with Gasteiger partial charge < -0.3 is 9.30 Å². The van der Waals surface area contributed by atoms with E-state index in [0.29, 0.717) is 11.4 Å². The first-order valence-electron chi connectivity index (χ1n) is 4.82. The Kier molecular flexibility index (Phi) is 2.61. The van der Waals surface area contributed by atoms with E-state index in [1.54, 1.807) is 25.1 Å². The Bertz CT molecular complexity index is 552. The molecule has 0 aliphatic carbocycles. The molecule has 2 rings (SSSR count). The Hall–Kier alpha value is -2.28. The van der Waals surface area contributed by atoms with E-state index < -0.39 is 0 Å². The molecule has 0 atom stereocenters. The van der Waals surface area contributed by atoms with Crippen molar-refractivity contribution < 1.29 is 4.74 Å². The minimum atomic E-state index is 0.549. The van der Waals surface area contributed by atoms with Crippen molar-refractivity contribution in [3.05, 3.63) is 36.3 Å². The smallest absolute Gasteiger partial charge is 0.147 e. The molecule has 0 aliphatic heterocycles. The third-order valence-electron chi connectivity index (χ3n) is 2.39. The summed E-state index contributed by atoms with van der Waals surface area (Å²) in [6.07, 6.45) is 1.63. The SMILES string of the molecule is COc1cccc(-c2ncn(C)c2C#N)c1. The third kappa shape index (κ3) is 1.63. The van der Waals surface area contributed by atoms with Gasteiger partial charge in [-0.2, -0.15) is 5.26 Å². The molecule has 0 saturated heterocycles. The summed E-state index contributed by atoms with van der Waals surface area (Å²) in [4.78, 5) is 4.22. The van der Waals surface area contributed by atoms with Crippen LogP contribution in [-0.4, -0.2) is 16.7 Å². The summed E-state index contributed by atoms with van der Waals surface area (Å²) in [6.45, 7) is 0. The van der Waals surface area contributed by atoms with Crippen molar-refractivity contribution in [1.82, 2.24) is 9.55 Å². The van der Waals surface area contributed by atoms with Gasteiger partial charge in [-0.25, -0.2) is 4.98 Å². The third-order valence-corrected chi connectivity index (χ3v) is 2.39. The van der Waals surface area contributed by atoms with Crippen molar-refractivity contribution >= 4 is 0 Å². The van der Waals surface area contributed by atoms with Gasteiger partial charge in [-0.05, 0) is 12.1 Å². The van der Waals surface area contributed by atoms with E-state index in [1.165, 1.54) is 0 Å². The largest absolute Gasteiger partial charge is 0.497 e. The highest BCUT2D eigenvalue weighted by Crippen LogP contribution is 2.24. The van der Waals surface area contributed by atoms with Gasteiger partial charge in [0.25, 0.3) is 0 Å². The van der Waals surface area contributed by atoms with Crippen molar-refractivity contribution in [2.75, 3.05) is 7.11 Å². The van der Waals surface area contributed by atoms with Crippen LogP contribution in [0.25, 0.3) is 11.3 Å². The molecule has 1 aromatic carbocycles. The lowest BCUT2D eigenvalue weighted by molar-refractivity contribution is 0.415. The van der Waals surface area contributed by atoms with Crippen LogP contribution in [0.5, 0.6) is 5.75 Å². The normalized spacial score (nSPS) is 9.81. The van der Waals surface area contributed by atoms with Gasteiger partial charge in [0.2, 0.25) is 0 Å². The fourth-order valence-electron chi connectivity index (χ4n) is 1.54. The molecule has 0 aliphatic rings. The quantitative estimate of drug-likeness (QED) is 0.766. The number of methoxy groups -OCH3 is 1. The number of nitriles is 1. The Morgan fingerprint density at radius 2 is 2.25 bits per heavy atom. The number of hydrogen-bond donors (Lipinski definition) is 0. The van der Waals surface area contributed by atoms with Crippen LogP contribution in [0.1, 0.15) is 5.69 Å². The zero-order chi connectivity index (χ0) is 11.5. The van der Waals surface area contributed by atoms with Crippen LogP contribution in [0.4, 0.5) is 0 Å². The standard InChI is InChI=1S/C12H11N3O/c1-15-8-14-12(11(15)7-13)9-4-3-5-10(6-9)16-2/h3-6,8H,1-2H3. The maximum Gasteiger partial charge on any atom is 0.147 e. The summed E-state index contributed by atoms with van der Waals surface area (Å²) in [6, 6.07) is 9.65. The molecule has 0 bridgehead atoms. The summed E-state index contributed by atoms with van der Waals surface area (Å²) in [5.74, 6) is 0.757. The van der Waals surface area contributed by atoms with E-state index in [2.05, 4.69) is 11.1 Å². The zero-order valence-corrected chi connectivity index (χ0v) is 9.14. The number of aromatic nitrogens is 2. The molecule has 0 fully saturated rings. The molecule has 4 heteroatoms. The van der Waals surface area contributed by atoms with Gasteiger partial charge in [-0.15, -0.1) is 0 Å². The van der Waals surface area contributed by atoms with Crippen molar-refractivity contribution in [1.29, 1.82) is 5.26 Å².